The SMILES string of the molecule is CN1C2CCCC3(C2)c2cccc(O)c2OCC13. The Balaban J connectivity index is 1.91. The Hall–Kier alpha value is -1.22. The van der Waals surface area contributed by atoms with E-state index in [0.717, 1.165) is 12.4 Å². The minimum absolute atomic E-state index is 0.226. The van der Waals surface area contributed by atoms with E-state index < -0.39 is 0 Å². The van der Waals surface area contributed by atoms with Gasteiger partial charge in [-0.3, -0.25) is 4.90 Å². The van der Waals surface area contributed by atoms with Crippen molar-refractivity contribution in [1.29, 1.82) is 0 Å². The third-order valence-corrected chi connectivity index (χ3v) is 5.38. The van der Waals surface area contributed by atoms with E-state index in [2.05, 4.69) is 18.0 Å². The maximum atomic E-state index is 10.00. The van der Waals surface area contributed by atoms with Crippen LogP contribution >= 0.6 is 0 Å². The third kappa shape index (κ3) is 1.13. The highest BCUT2D eigenvalue weighted by molar-refractivity contribution is 5.52. The average molecular weight is 245 g/mol. The van der Waals surface area contributed by atoms with E-state index in [1.165, 1.54) is 31.2 Å². The summed E-state index contributed by atoms with van der Waals surface area (Å²) in [4.78, 5) is 2.51. The zero-order valence-corrected chi connectivity index (χ0v) is 10.7. The first-order valence-electron chi connectivity index (χ1n) is 6.89. The van der Waals surface area contributed by atoms with Gasteiger partial charge >= 0.3 is 0 Å². The van der Waals surface area contributed by atoms with E-state index in [9.17, 15) is 5.11 Å². The second-order valence-corrected chi connectivity index (χ2v) is 6.05. The monoisotopic (exact) mass is 245 g/mol. The number of likely N-dealkylation sites (N-methyl/N-ethyl adjacent to an activating group) is 1. The van der Waals surface area contributed by atoms with Crippen molar-refractivity contribution in [3.05, 3.63) is 23.8 Å². The van der Waals surface area contributed by atoms with Crippen LogP contribution < -0.4 is 4.74 Å². The molecule has 4 rings (SSSR count). The normalized spacial score (nSPS) is 37.8. The maximum absolute atomic E-state index is 10.00. The fourth-order valence-electron chi connectivity index (χ4n) is 4.50. The lowest BCUT2D eigenvalue weighted by Gasteiger charge is -2.42. The largest absolute Gasteiger partial charge is 0.504 e. The minimum atomic E-state index is 0.226. The van der Waals surface area contributed by atoms with Crippen molar-refractivity contribution in [2.24, 2.45) is 0 Å². The van der Waals surface area contributed by atoms with Crippen molar-refractivity contribution in [3.8, 4) is 11.5 Å². The molecule has 3 nitrogen and oxygen atoms in total. The zero-order chi connectivity index (χ0) is 12.3. The molecule has 1 saturated heterocycles. The van der Waals surface area contributed by atoms with E-state index in [1.807, 2.05) is 6.07 Å². The summed E-state index contributed by atoms with van der Waals surface area (Å²) < 4.78 is 5.85. The first kappa shape index (κ1) is 10.7. The summed E-state index contributed by atoms with van der Waals surface area (Å²) >= 11 is 0. The van der Waals surface area contributed by atoms with Crippen LogP contribution in [0, 0.1) is 0 Å². The third-order valence-electron chi connectivity index (χ3n) is 5.38. The molecule has 2 aliphatic heterocycles. The molecule has 1 aromatic rings. The van der Waals surface area contributed by atoms with Gasteiger partial charge in [-0.15, -0.1) is 0 Å². The van der Waals surface area contributed by atoms with Crippen LogP contribution in [-0.4, -0.2) is 35.7 Å². The molecule has 0 amide bonds. The van der Waals surface area contributed by atoms with Crippen molar-refractivity contribution in [1.82, 2.24) is 4.90 Å². The summed E-state index contributed by atoms with van der Waals surface area (Å²) in [7, 11) is 2.24. The van der Waals surface area contributed by atoms with Crippen molar-refractivity contribution in [2.75, 3.05) is 13.7 Å². The second-order valence-electron chi connectivity index (χ2n) is 6.05. The number of aromatic hydroxyl groups is 1. The van der Waals surface area contributed by atoms with E-state index in [1.54, 1.807) is 6.07 Å². The molecule has 1 saturated carbocycles. The molecule has 2 fully saturated rings. The Morgan fingerprint density at radius 1 is 1.44 bits per heavy atom. The van der Waals surface area contributed by atoms with Crippen molar-refractivity contribution >= 4 is 0 Å². The van der Waals surface area contributed by atoms with Crippen molar-refractivity contribution in [2.45, 2.75) is 43.2 Å². The molecule has 96 valence electrons. The summed E-state index contributed by atoms with van der Waals surface area (Å²) in [5.74, 6) is 1.04. The van der Waals surface area contributed by atoms with Crippen LogP contribution in [0.4, 0.5) is 0 Å². The number of benzene rings is 1. The van der Waals surface area contributed by atoms with Gasteiger partial charge in [0.2, 0.25) is 0 Å². The number of phenolic OH excluding ortho intramolecular Hbond substituents is 1. The Morgan fingerprint density at radius 2 is 2.33 bits per heavy atom. The summed E-state index contributed by atoms with van der Waals surface area (Å²) in [6, 6.07) is 7.02. The van der Waals surface area contributed by atoms with Gasteiger partial charge in [0.15, 0.2) is 11.5 Å². The van der Waals surface area contributed by atoms with Crippen molar-refractivity contribution < 1.29 is 9.84 Å². The first-order chi connectivity index (χ1) is 8.72. The highest BCUT2D eigenvalue weighted by Gasteiger charge is 2.56. The predicted octanol–water partition coefficient (Wildman–Crippen LogP) is 2.28. The summed E-state index contributed by atoms with van der Waals surface area (Å²) in [6.45, 7) is 0.720. The molecule has 1 spiro atoms. The molecule has 2 heterocycles. The summed E-state index contributed by atoms with van der Waals surface area (Å²) in [6.07, 6.45) is 5.07. The van der Waals surface area contributed by atoms with Crippen LogP contribution in [0.15, 0.2) is 18.2 Å². The zero-order valence-electron chi connectivity index (χ0n) is 10.7. The lowest BCUT2D eigenvalue weighted by atomic mass is 9.66. The van der Waals surface area contributed by atoms with E-state index >= 15 is 0 Å². The predicted molar refractivity (Wildman–Crippen MR) is 69.1 cm³/mol. The molecular weight excluding hydrogens is 226 g/mol. The topological polar surface area (TPSA) is 32.7 Å². The van der Waals surface area contributed by atoms with Gasteiger partial charge in [-0.05, 0) is 32.4 Å². The Bertz CT molecular complexity index is 501. The van der Waals surface area contributed by atoms with Gasteiger partial charge in [-0.2, -0.15) is 0 Å². The molecule has 3 aliphatic rings. The number of fused-ring (bicyclic) bond motifs is 2. The quantitative estimate of drug-likeness (QED) is 0.761. The van der Waals surface area contributed by atoms with Gasteiger partial charge in [0, 0.05) is 17.0 Å². The molecule has 2 bridgehead atoms. The van der Waals surface area contributed by atoms with Crippen LogP contribution in [0.25, 0.3) is 0 Å². The van der Waals surface area contributed by atoms with Crippen molar-refractivity contribution in [3.63, 3.8) is 0 Å². The molecule has 3 unspecified atom stereocenters. The maximum Gasteiger partial charge on any atom is 0.164 e. The lowest BCUT2D eigenvalue weighted by Crippen LogP contribution is -2.47. The molecule has 1 aliphatic carbocycles. The number of nitrogens with zero attached hydrogens (tertiary/aromatic N) is 1. The fourth-order valence-corrected chi connectivity index (χ4v) is 4.50. The van der Waals surface area contributed by atoms with E-state index in [0.29, 0.717) is 17.8 Å². The van der Waals surface area contributed by atoms with Crippen LogP contribution in [0.3, 0.4) is 0 Å². The number of hydrogen-bond donors (Lipinski definition) is 1. The molecule has 3 atom stereocenters. The smallest absolute Gasteiger partial charge is 0.164 e. The molecule has 0 aromatic heterocycles. The Kier molecular flexibility index (Phi) is 2.03. The number of phenols is 1. The standard InChI is InChI=1S/C15H19NO2/c1-16-10-4-3-7-15(8-10)11-5-2-6-12(17)14(11)18-9-13(15)16/h2,5-6,10,13,17H,3-4,7-9H2,1H3. The van der Waals surface area contributed by atoms with E-state index in [4.69, 9.17) is 4.74 Å². The van der Waals surface area contributed by atoms with Gasteiger partial charge in [0.25, 0.3) is 0 Å². The summed E-state index contributed by atoms with van der Waals surface area (Å²) in [5, 5.41) is 10.00. The number of ether oxygens (including phenoxy) is 1. The molecule has 1 N–H and O–H groups in total. The van der Waals surface area contributed by atoms with Gasteiger partial charge < -0.3 is 9.84 Å². The van der Waals surface area contributed by atoms with Crippen LogP contribution in [-0.2, 0) is 5.41 Å². The summed E-state index contributed by atoms with van der Waals surface area (Å²) in [5.41, 5.74) is 1.47. The van der Waals surface area contributed by atoms with Crippen LogP contribution in [0.5, 0.6) is 11.5 Å². The lowest BCUT2D eigenvalue weighted by molar-refractivity contribution is 0.118. The second kappa shape index (κ2) is 3.41. The fraction of sp³-hybridized carbons (Fsp3) is 0.600. The average Bonchev–Trinajstić information content (AvgIpc) is 2.58. The van der Waals surface area contributed by atoms with Gasteiger partial charge in [0.1, 0.15) is 6.61 Å². The highest BCUT2D eigenvalue weighted by Crippen LogP contribution is 2.56. The van der Waals surface area contributed by atoms with E-state index in [-0.39, 0.29) is 5.41 Å². The molecule has 3 heteroatoms. The van der Waals surface area contributed by atoms with Crippen LogP contribution in [0.1, 0.15) is 31.2 Å². The number of para-hydroxylation sites is 1. The number of likely N-dealkylation sites (tertiary alicyclic amines) is 1. The van der Waals surface area contributed by atoms with Gasteiger partial charge in [-0.25, -0.2) is 0 Å². The highest BCUT2D eigenvalue weighted by atomic mass is 16.5. The Labute approximate surface area is 107 Å². The molecule has 18 heavy (non-hydrogen) atoms. The van der Waals surface area contributed by atoms with Crippen LogP contribution in [0.2, 0.25) is 0 Å². The first-order valence-corrected chi connectivity index (χ1v) is 6.89. The Morgan fingerprint density at radius 3 is 3.22 bits per heavy atom. The molecule has 0 radical (unpaired) electrons. The number of hydrogen-bond acceptors (Lipinski definition) is 3. The minimum Gasteiger partial charge on any atom is -0.504 e. The molecule has 1 aromatic carbocycles. The van der Waals surface area contributed by atoms with Gasteiger partial charge in [0.05, 0.1) is 6.04 Å². The molecular formula is C15H19NO2. The number of rotatable bonds is 0. The van der Waals surface area contributed by atoms with Gasteiger partial charge in [-0.1, -0.05) is 18.6 Å².